The van der Waals surface area contributed by atoms with Crippen LogP contribution in [-0.2, 0) is 13.6 Å². The van der Waals surface area contributed by atoms with Gasteiger partial charge in [-0.05, 0) is 57.2 Å². The van der Waals surface area contributed by atoms with Gasteiger partial charge in [0.15, 0.2) is 0 Å². The van der Waals surface area contributed by atoms with Gasteiger partial charge in [0.05, 0.1) is 12.2 Å². The van der Waals surface area contributed by atoms with Crippen LogP contribution < -0.4 is 10.6 Å². The average Bonchev–Trinajstić information content (AvgIpc) is 2.93. The molecule has 0 aliphatic rings. The number of rotatable bonds is 4. The molecule has 0 bridgehead atoms. The third-order valence-corrected chi connectivity index (χ3v) is 4.71. The molecule has 2 aromatic carbocycles. The van der Waals surface area contributed by atoms with E-state index in [1.54, 1.807) is 28.9 Å². The minimum absolute atomic E-state index is 0.280. The van der Waals surface area contributed by atoms with Gasteiger partial charge in [0.25, 0.3) is 5.91 Å². The van der Waals surface area contributed by atoms with E-state index >= 15 is 0 Å². The average molecular weight is 393 g/mol. The molecule has 0 atom stereocenters. The largest absolute Gasteiger partial charge is 0.326 e. The van der Waals surface area contributed by atoms with Crippen LogP contribution >= 0.6 is 0 Å². The normalized spacial score (nSPS) is 11.4. The van der Waals surface area contributed by atoms with E-state index in [9.17, 15) is 9.18 Å². The number of aliphatic imine (C=N–C) groups is 1. The van der Waals surface area contributed by atoms with Gasteiger partial charge in [-0.2, -0.15) is 5.10 Å². The second-order valence-electron chi connectivity index (χ2n) is 6.89. The number of benzene rings is 2. The molecule has 0 saturated heterocycles. The first kappa shape index (κ1) is 20.3. The van der Waals surface area contributed by atoms with Crippen molar-refractivity contribution >= 4 is 17.6 Å². The van der Waals surface area contributed by atoms with Gasteiger partial charge in [-0.25, -0.2) is 9.38 Å². The highest BCUT2D eigenvalue weighted by Gasteiger charge is 2.12. The Balaban J connectivity index is 1.84. The summed E-state index contributed by atoms with van der Waals surface area (Å²) in [7, 11) is 1.88. The molecule has 29 heavy (non-hydrogen) atoms. The van der Waals surface area contributed by atoms with E-state index in [-0.39, 0.29) is 17.7 Å². The Morgan fingerprint density at radius 2 is 1.72 bits per heavy atom. The Hall–Kier alpha value is -3.48. The van der Waals surface area contributed by atoms with Crippen LogP contribution in [0, 0.1) is 26.6 Å². The number of carbonyl (C=O) groups excluding carboxylic acids is 1. The van der Waals surface area contributed by atoms with Gasteiger partial charge < -0.3 is 5.32 Å². The lowest BCUT2D eigenvalue weighted by atomic mass is 10.1. The number of hydrogen-bond acceptors (Lipinski definition) is 3. The number of nitrogens with zero attached hydrogens (tertiary/aromatic N) is 3. The van der Waals surface area contributed by atoms with Crippen LogP contribution in [0.1, 0.15) is 32.9 Å². The summed E-state index contributed by atoms with van der Waals surface area (Å²) >= 11 is 0. The van der Waals surface area contributed by atoms with Crippen molar-refractivity contribution in [2.45, 2.75) is 27.3 Å². The monoisotopic (exact) mass is 393 g/mol. The van der Waals surface area contributed by atoms with Crippen molar-refractivity contribution in [3.63, 3.8) is 0 Å². The van der Waals surface area contributed by atoms with Gasteiger partial charge >= 0.3 is 0 Å². The fourth-order valence-corrected chi connectivity index (χ4v) is 2.87. The lowest BCUT2D eigenvalue weighted by Crippen LogP contribution is -2.36. The lowest BCUT2D eigenvalue weighted by molar-refractivity contribution is 0.0977. The van der Waals surface area contributed by atoms with E-state index in [1.807, 2.05) is 40.0 Å². The van der Waals surface area contributed by atoms with Crippen molar-refractivity contribution in [2.75, 3.05) is 5.32 Å². The predicted molar refractivity (Wildman–Crippen MR) is 112 cm³/mol. The molecule has 0 saturated carbocycles. The van der Waals surface area contributed by atoms with Crippen LogP contribution in [-0.4, -0.2) is 21.6 Å². The predicted octanol–water partition coefficient (Wildman–Crippen LogP) is 3.88. The number of anilines is 1. The van der Waals surface area contributed by atoms with Crippen molar-refractivity contribution in [3.05, 3.63) is 82.4 Å². The quantitative estimate of drug-likeness (QED) is 0.522. The van der Waals surface area contributed by atoms with Crippen LogP contribution in [0.2, 0.25) is 0 Å². The highest BCUT2D eigenvalue weighted by molar-refractivity contribution is 6.09. The smallest absolute Gasteiger partial charge is 0.257 e. The van der Waals surface area contributed by atoms with E-state index in [0.717, 1.165) is 22.5 Å². The molecule has 0 spiro atoms. The zero-order valence-corrected chi connectivity index (χ0v) is 17.0. The van der Waals surface area contributed by atoms with Crippen LogP contribution in [0.25, 0.3) is 0 Å². The number of hydrogen-bond donors (Lipinski definition) is 2. The summed E-state index contributed by atoms with van der Waals surface area (Å²) in [5, 5.41) is 10.3. The standard InChI is InChI=1S/C22H24FN5O/c1-14-5-7-17(8-6-14)21(29)26-22(25-19-11-9-18(23)10-12-19)24-13-20-15(2)27-28(4)16(20)3/h5-12H,13H2,1-4H3,(H2,24,25,26,29). The molecule has 0 aliphatic heterocycles. The fraction of sp³-hybridized carbons (Fsp3) is 0.227. The van der Waals surface area contributed by atoms with Crippen LogP contribution in [0.5, 0.6) is 0 Å². The van der Waals surface area contributed by atoms with Crippen molar-refractivity contribution in [1.29, 1.82) is 0 Å². The summed E-state index contributed by atoms with van der Waals surface area (Å²) in [6.07, 6.45) is 0. The summed E-state index contributed by atoms with van der Waals surface area (Å²) in [4.78, 5) is 17.2. The summed E-state index contributed by atoms with van der Waals surface area (Å²) in [6.45, 7) is 6.21. The Morgan fingerprint density at radius 3 is 2.31 bits per heavy atom. The third-order valence-electron chi connectivity index (χ3n) is 4.71. The topological polar surface area (TPSA) is 71.3 Å². The maximum Gasteiger partial charge on any atom is 0.257 e. The molecule has 1 amide bonds. The van der Waals surface area contributed by atoms with Crippen LogP contribution in [0.15, 0.2) is 53.5 Å². The van der Waals surface area contributed by atoms with Crippen molar-refractivity contribution in [1.82, 2.24) is 15.1 Å². The van der Waals surface area contributed by atoms with E-state index in [2.05, 4.69) is 20.7 Å². The van der Waals surface area contributed by atoms with Gasteiger partial charge in [0.1, 0.15) is 5.82 Å². The first-order chi connectivity index (χ1) is 13.8. The van der Waals surface area contributed by atoms with Crippen LogP contribution in [0.3, 0.4) is 0 Å². The molecule has 3 rings (SSSR count). The Labute approximate surface area is 169 Å². The molecule has 0 fully saturated rings. The molecular weight excluding hydrogens is 369 g/mol. The highest BCUT2D eigenvalue weighted by Crippen LogP contribution is 2.14. The number of guanidine groups is 1. The number of nitrogens with one attached hydrogen (secondary N) is 2. The Morgan fingerprint density at radius 1 is 1.07 bits per heavy atom. The molecular formula is C22H24FN5O. The molecule has 0 radical (unpaired) electrons. The summed E-state index contributed by atoms with van der Waals surface area (Å²) in [5.74, 6) is -0.331. The number of halogens is 1. The van der Waals surface area contributed by atoms with E-state index in [0.29, 0.717) is 17.8 Å². The van der Waals surface area contributed by atoms with Gasteiger partial charge in [0.2, 0.25) is 5.96 Å². The first-order valence-corrected chi connectivity index (χ1v) is 9.27. The maximum absolute atomic E-state index is 13.2. The lowest BCUT2D eigenvalue weighted by Gasteiger charge is -2.12. The van der Waals surface area contributed by atoms with Crippen molar-refractivity contribution < 1.29 is 9.18 Å². The summed E-state index contributed by atoms with van der Waals surface area (Å²) in [5.41, 5.74) is 5.11. The molecule has 7 heteroatoms. The second kappa shape index (κ2) is 8.68. The molecule has 1 aromatic heterocycles. The summed E-state index contributed by atoms with van der Waals surface area (Å²) in [6, 6.07) is 13.1. The van der Waals surface area contributed by atoms with Gasteiger partial charge in [0, 0.05) is 29.6 Å². The zero-order chi connectivity index (χ0) is 21.0. The first-order valence-electron chi connectivity index (χ1n) is 9.27. The molecule has 0 aliphatic carbocycles. The van der Waals surface area contributed by atoms with Gasteiger partial charge in [-0.3, -0.25) is 14.8 Å². The number of aromatic nitrogens is 2. The summed E-state index contributed by atoms with van der Waals surface area (Å²) < 4.78 is 15.0. The Kier molecular flexibility index (Phi) is 6.07. The third kappa shape index (κ3) is 5.07. The number of aryl methyl sites for hydroxylation is 3. The Bertz CT molecular complexity index is 1040. The van der Waals surface area contributed by atoms with E-state index in [4.69, 9.17) is 0 Å². The second-order valence-corrected chi connectivity index (χ2v) is 6.89. The minimum atomic E-state index is -0.334. The van der Waals surface area contributed by atoms with E-state index < -0.39 is 0 Å². The molecule has 6 nitrogen and oxygen atoms in total. The zero-order valence-electron chi connectivity index (χ0n) is 17.0. The highest BCUT2D eigenvalue weighted by atomic mass is 19.1. The van der Waals surface area contributed by atoms with Gasteiger partial charge in [-0.15, -0.1) is 0 Å². The SMILES string of the molecule is Cc1ccc(C(=O)NC(=NCc2c(C)nn(C)c2C)Nc2ccc(F)cc2)cc1. The molecule has 150 valence electrons. The van der Waals surface area contributed by atoms with Crippen molar-refractivity contribution in [3.8, 4) is 0 Å². The maximum atomic E-state index is 13.2. The van der Waals surface area contributed by atoms with E-state index in [1.165, 1.54) is 12.1 Å². The van der Waals surface area contributed by atoms with Crippen molar-refractivity contribution in [2.24, 2.45) is 12.0 Å². The molecule has 2 N–H and O–H groups in total. The molecule has 0 unspecified atom stereocenters. The molecule has 1 heterocycles. The van der Waals surface area contributed by atoms with Crippen LogP contribution in [0.4, 0.5) is 10.1 Å². The number of amides is 1. The minimum Gasteiger partial charge on any atom is -0.326 e. The number of carbonyl (C=O) groups is 1. The van der Waals surface area contributed by atoms with Gasteiger partial charge in [-0.1, -0.05) is 17.7 Å². The fourth-order valence-electron chi connectivity index (χ4n) is 2.87. The molecule has 3 aromatic rings.